The van der Waals surface area contributed by atoms with Gasteiger partial charge in [0.2, 0.25) is 0 Å². The number of carbonyl (C=O) groups excluding carboxylic acids is 1. The fourth-order valence-electron chi connectivity index (χ4n) is 3.72. The van der Waals surface area contributed by atoms with Gasteiger partial charge in [0.05, 0.1) is 5.69 Å². The van der Waals surface area contributed by atoms with E-state index in [0.29, 0.717) is 5.92 Å². The summed E-state index contributed by atoms with van der Waals surface area (Å²) in [7, 11) is 0. The minimum atomic E-state index is 0.133. The molecule has 1 aliphatic heterocycles. The third-order valence-corrected chi connectivity index (χ3v) is 5.58. The number of halogens is 1. The van der Waals surface area contributed by atoms with Crippen LogP contribution in [0.25, 0.3) is 11.1 Å². The summed E-state index contributed by atoms with van der Waals surface area (Å²) in [5.41, 5.74) is 5.90. The summed E-state index contributed by atoms with van der Waals surface area (Å²) >= 11 is 5.81. The average Bonchev–Trinajstić information content (AvgIpc) is 3.22. The maximum absolute atomic E-state index is 12.7. The normalized spacial score (nSPS) is 15.0. The molecule has 1 aromatic heterocycles. The lowest BCUT2D eigenvalue weighted by Gasteiger charge is -2.18. The molecule has 5 heteroatoms. The molecule has 0 saturated carbocycles. The zero-order chi connectivity index (χ0) is 23.1. The quantitative estimate of drug-likeness (QED) is 0.406. The number of rotatable bonds is 3. The van der Waals surface area contributed by atoms with E-state index in [9.17, 15) is 4.79 Å². The molecule has 0 aliphatic carbocycles. The monoisotopic (exact) mass is 447 g/mol. The van der Waals surface area contributed by atoms with Gasteiger partial charge in [0.15, 0.2) is 0 Å². The Morgan fingerprint density at radius 1 is 1.12 bits per heavy atom. The maximum Gasteiger partial charge on any atom is 0.254 e. The van der Waals surface area contributed by atoms with Crippen LogP contribution in [0.3, 0.4) is 0 Å². The van der Waals surface area contributed by atoms with Crippen molar-refractivity contribution < 1.29 is 4.79 Å². The molecule has 0 spiro atoms. The topological polar surface area (TPSA) is 45.6 Å². The van der Waals surface area contributed by atoms with Crippen LogP contribution in [-0.2, 0) is 0 Å². The third kappa shape index (κ3) is 6.27. The first-order valence-corrected chi connectivity index (χ1v) is 11.3. The van der Waals surface area contributed by atoms with Crippen molar-refractivity contribution in [2.45, 2.75) is 34.1 Å². The van der Waals surface area contributed by atoms with Gasteiger partial charge < -0.3 is 4.90 Å². The second-order valence-electron chi connectivity index (χ2n) is 8.42. The van der Waals surface area contributed by atoms with E-state index < -0.39 is 0 Å². The minimum absolute atomic E-state index is 0.133. The summed E-state index contributed by atoms with van der Waals surface area (Å²) in [6, 6.07) is 17.4. The highest BCUT2D eigenvalue weighted by molar-refractivity contribution is 6.30. The number of amides is 1. The number of aliphatic imine (C=N–C) groups is 1. The summed E-state index contributed by atoms with van der Waals surface area (Å²) in [6.45, 7) is 9.89. The molecule has 2 heterocycles. The number of pyridine rings is 1. The highest BCUT2D eigenvalue weighted by Gasteiger charge is 2.25. The van der Waals surface area contributed by atoms with Crippen LogP contribution in [0.4, 0.5) is 5.69 Å². The molecule has 166 valence electrons. The smallest absolute Gasteiger partial charge is 0.254 e. The van der Waals surface area contributed by atoms with Crippen molar-refractivity contribution in [3.8, 4) is 11.1 Å². The number of likely N-dealkylation sites (tertiary alicyclic amines) is 1. The highest BCUT2D eigenvalue weighted by Crippen LogP contribution is 2.26. The molecule has 1 unspecified atom stereocenters. The van der Waals surface area contributed by atoms with Gasteiger partial charge in [0, 0.05) is 47.3 Å². The Kier molecular flexibility index (Phi) is 8.18. The minimum Gasteiger partial charge on any atom is -0.338 e. The maximum atomic E-state index is 12.7. The second kappa shape index (κ2) is 11.1. The molecule has 4 rings (SSSR count). The van der Waals surface area contributed by atoms with Gasteiger partial charge in [-0.05, 0) is 74.6 Å². The van der Waals surface area contributed by atoms with Crippen LogP contribution < -0.4 is 0 Å². The van der Waals surface area contributed by atoms with Gasteiger partial charge in [-0.15, -0.1) is 0 Å². The Bertz CT molecular complexity index is 1090. The van der Waals surface area contributed by atoms with Crippen molar-refractivity contribution in [2.75, 3.05) is 13.1 Å². The van der Waals surface area contributed by atoms with Gasteiger partial charge in [-0.25, -0.2) is 0 Å². The molecular formula is C27H30ClN3O. The number of hydrogen-bond donors (Lipinski definition) is 0. The van der Waals surface area contributed by atoms with Gasteiger partial charge in [0.25, 0.3) is 5.91 Å². The SMILES string of the molecule is CC(C)=Nc1ccc(Cl)cc1C.CC1CCN(C(=O)c2ccccc2-c2cccnc2)C1. The molecule has 3 aromatic rings. The van der Waals surface area contributed by atoms with Crippen molar-refractivity contribution >= 4 is 28.9 Å². The van der Waals surface area contributed by atoms with Crippen molar-refractivity contribution in [3.05, 3.63) is 83.1 Å². The fraction of sp³-hybridized carbons (Fsp3) is 0.296. The van der Waals surface area contributed by atoms with E-state index >= 15 is 0 Å². The van der Waals surface area contributed by atoms with E-state index in [1.807, 2.05) is 80.3 Å². The first-order chi connectivity index (χ1) is 15.3. The number of benzene rings is 2. The predicted octanol–water partition coefficient (Wildman–Crippen LogP) is 6.99. The molecule has 1 amide bonds. The lowest BCUT2D eigenvalue weighted by molar-refractivity contribution is 0.0789. The first kappa shape index (κ1) is 23.7. The van der Waals surface area contributed by atoms with Crippen molar-refractivity contribution in [2.24, 2.45) is 10.9 Å². The zero-order valence-corrected chi connectivity index (χ0v) is 19.9. The van der Waals surface area contributed by atoms with Crippen LogP contribution in [-0.4, -0.2) is 34.6 Å². The second-order valence-corrected chi connectivity index (χ2v) is 8.86. The van der Waals surface area contributed by atoms with Gasteiger partial charge >= 0.3 is 0 Å². The Hall–Kier alpha value is -2.98. The Balaban J connectivity index is 0.000000207. The van der Waals surface area contributed by atoms with E-state index in [-0.39, 0.29) is 5.91 Å². The molecule has 0 N–H and O–H groups in total. The number of aromatic nitrogens is 1. The fourth-order valence-corrected chi connectivity index (χ4v) is 3.95. The summed E-state index contributed by atoms with van der Waals surface area (Å²) in [5.74, 6) is 0.735. The van der Waals surface area contributed by atoms with E-state index in [1.54, 1.807) is 12.4 Å². The molecular weight excluding hydrogens is 418 g/mol. The van der Waals surface area contributed by atoms with Crippen LogP contribution in [0.1, 0.15) is 43.1 Å². The molecule has 4 nitrogen and oxygen atoms in total. The lowest BCUT2D eigenvalue weighted by Crippen LogP contribution is -2.28. The van der Waals surface area contributed by atoms with Gasteiger partial charge in [-0.3, -0.25) is 14.8 Å². The molecule has 1 saturated heterocycles. The van der Waals surface area contributed by atoms with Crippen LogP contribution in [0, 0.1) is 12.8 Å². The van der Waals surface area contributed by atoms with Crippen LogP contribution in [0.5, 0.6) is 0 Å². The summed E-state index contributed by atoms with van der Waals surface area (Å²) in [4.78, 5) is 23.2. The summed E-state index contributed by atoms with van der Waals surface area (Å²) in [6.07, 6.45) is 4.65. The summed E-state index contributed by atoms with van der Waals surface area (Å²) < 4.78 is 0. The zero-order valence-electron chi connectivity index (χ0n) is 19.2. The number of hydrogen-bond acceptors (Lipinski definition) is 3. The van der Waals surface area contributed by atoms with Gasteiger partial charge in [-0.1, -0.05) is 42.8 Å². The lowest BCUT2D eigenvalue weighted by atomic mass is 10.0. The van der Waals surface area contributed by atoms with Crippen molar-refractivity contribution in [1.82, 2.24) is 9.88 Å². The molecule has 1 atom stereocenters. The van der Waals surface area contributed by atoms with Gasteiger partial charge in [-0.2, -0.15) is 0 Å². The van der Waals surface area contributed by atoms with E-state index in [1.165, 1.54) is 0 Å². The number of nitrogens with zero attached hydrogens (tertiary/aromatic N) is 3. The third-order valence-electron chi connectivity index (χ3n) is 5.34. The molecule has 0 bridgehead atoms. The standard InChI is InChI=1S/C17H18N2O.C10H12ClN/c1-13-8-10-19(12-13)17(20)16-7-3-2-6-15(16)14-5-4-9-18-11-14;1-7(2)12-10-5-4-9(11)6-8(10)3/h2-7,9,11,13H,8,10,12H2,1H3;4-6H,1-3H3. The van der Waals surface area contributed by atoms with E-state index in [0.717, 1.165) is 58.2 Å². The molecule has 0 radical (unpaired) electrons. The van der Waals surface area contributed by atoms with E-state index in [4.69, 9.17) is 11.6 Å². The predicted molar refractivity (Wildman–Crippen MR) is 134 cm³/mol. The van der Waals surface area contributed by atoms with Gasteiger partial charge in [0.1, 0.15) is 0 Å². The first-order valence-electron chi connectivity index (χ1n) is 10.9. The summed E-state index contributed by atoms with van der Waals surface area (Å²) in [5, 5.41) is 0.764. The average molecular weight is 448 g/mol. The van der Waals surface area contributed by atoms with Crippen LogP contribution >= 0.6 is 11.6 Å². The Morgan fingerprint density at radius 3 is 2.53 bits per heavy atom. The van der Waals surface area contributed by atoms with Crippen LogP contribution in [0.2, 0.25) is 5.02 Å². The van der Waals surface area contributed by atoms with Crippen molar-refractivity contribution in [3.63, 3.8) is 0 Å². The van der Waals surface area contributed by atoms with Crippen LogP contribution in [0.15, 0.2) is 72.0 Å². The van der Waals surface area contributed by atoms with Crippen molar-refractivity contribution in [1.29, 1.82) is 0 Å². The Labute approximate surface area is 196 Å². The number of aryl methyl sites for hydroxylation is 1. The number of carbonyl (C=O) groups is 1. The van der Waals surface area contributed by atoms with E-state index in [2.05, 4.69) is 16.9 Å². The molecule has 32 heavy (non-hydrogen) atoms. The Morgan fingerprint density at radius 2 is 1.91 bits per heavy atom. The molecule has 1 fully saturated rings. The molecule has 2 aromatic carbocycles. The highest BCUT2D eigenvalue weighted by atomic mass is 35.5. The largest absolute Gasteiger partial charge is 0.338 e. The molecule has 1 aliphatic rings.